The lowest BCUT2D eigenvalue weighted by molar-refractivity contribution is -0.134. The lowest BCUT2D eigenvalue weighted by Crippen LogP contribution is -2.56. The molecule has 3 aromatic rings. The van der Waals surface area contributed by atoms with Gasteiger partial charge < -0.3 is 25.8 Å². The van der Waals surface area contributed by atoms with Gasteiger partial charge in [-0.05, 0) is 43.5 Å². The van der Waals surface area contributed by atoms with Crippen LogP contribution in [-0.2, 0) is 17.9 Å². The molecule has 1 aromatic carbocycles. The molecule has 5 rings (SSSR count). The summed E-state index contributed by atoms with van der Waals surface area (Å²) in [4.78, 5) is 48.8. The number of carbonyl (C=O) groups excluding carboxylic acids is 3. The van der Waals surface area contributed by atoms with Gasteiger partial charge in [-0.3, -0.25) is 14.4 Å². The van der Waals surface area contributed by atoms with E-state index in [-0.39, 0.29) is 47.9 Å². The molecule has 0 radical (unpaired) electrons. The third-order valence-corrected chi connectivity index (χ3v) is 7.75. The molecule has 3 heterocycles. The number of fused-ring (bicyclic) bond motifs is 2. The van der Waals surface area contributed by atoms with Crippen LogP contribution in [0.4, 0.5) is 4.39 Å². The highest BCUT2D eigenvalue weighted by Crippen LogP contribution is 2.28. The third kappa shape index (κ3) is 5.23. The van der Waals surface area contributed by atoms with Gasteiger partial charge in [0.05, 0.1) is 11.7 Å². The number of rotatable bonds is 5. The Hall–Kier alpha value is -3.02. The molecule has 2 aromatic heterocycles. The Kier molecular flexibility index (Phi) is 7.62. The molecule has 3 atom stereocenters. The molecule has 2 aliphatic rings. The van der Waals surface area contributed by atoms with Crippen LogP contribution in [0.2, 0.25) is 0 Å². The van der Waals surface area contributed by atoms with Gasteiger partial charge in [-0.2, -0.15) is 0 Å². The van der Waals surface area contributed by atoms with E-state index in [9.17, 15) is 18.8 Å². The molecule has 3 amide bonds. The number of thiazole rings is 1. The number of nitrogens with zero attached hydrogens (tertiary/aromatic N) is 2. The van der Waals surface area contributed by atoms with E-state index < -0.39 is 6.04 Å². The SMILES string of the molecule is CN(C)C(=O)[C@H]1CC[C@H](NC(=O)c2cc3cc(F)ccc3[nH]2)[C@H](NC(=O)c2nc3c(s2)CNC3)C1.Cl. The number of hydrogen-bond donors (Lipinski definition) is 4. The smallest absolute Gasteiger partial charge is 0.280 e. The average molecular weight is 535 g/mol. The first kappa shape index (κ1) is 26.1. The summed E-state index contributed by atoms with van der Waals surface area (Å²) in [6.07, 6.45) is 1.55. The first-order valence-corrected chi connectivity index (χ1v) is 12.4. The molecule has 1 saturated carbocycles. The summed E-state index contributed by atoms with van der Waals surface area (Å²) in [5, 5.41) is 10.2. The predicted octanol–water partition coefficient (Wildman–Crippen LogP) is 2.57. The van der Waals surface area contributed by atoms with E-state index in [1.807, 2.05) is 0 Å². The Morgan fingerprint density at radius 3 is 2.61 bits per heavy atom. The van der Waals surface area contributed by atoms with Gasteiger partial charge in [0.1, 0.15) is 11.5 Å². The zero-order chi connectivity index (χ0) is 24.7. The summed E-state index contributed by atoms with van der Waals surface area (Å²) in [5.74, 6) is -1.26. The predicted molar refractivity (Wildman–Crippen MR) is 137 cm³/mol. The maximum atomic E-state index is 13.6. The van der Waals surface area contributed by atoms with E-state index in [1.165, 1.54) is 23.5 Å². The minimum absolute atomic E-state index is 0. The molecular weight excluding hydrogens is 507 g/mol. The zero-order valence-corrected chi connectivity index (χ0v) is 21.5. The Morgan fingerprint density at radius 1 is 1.08 bits per heavy atom. The lowest BCUT2D eigenvalue weighted by atomic mass is 9.81. The van der Waals surface area contributed by atoms with E-state index in [4.69, 9.17) is 0 Å². The van der Waals surface area contributed by atoms with Gasteiger partial charge in [-0.25, -0.2) is 9.37 Å². The van der Waals surface area contributed by atoms with E-state index in [1.54, 1.807) is 31.1 Å². The molecule has 1 aliphatic heterocycles. The fourth-order valence-electron chi connectivity index (χ4n) is 4.85. The monoisotopic (exact) mass is 534 g/mol. The van der Waals surface area contributed by atoms with Gasteiger partial charge in [0.25, 0.3) is 11.8 Å². The topological polar surface area (TPSA) is 119 Å². The van der Waals surface area contributed by atoms with Crippen molar-refractivity contribution >= 4 is 52.4 Å². The van der Waals surface area contributed by atoms with Gasteiger partial charge in [-0.15, -0.1) is 23.7 Å². The van der Waals surface area contributed by atoms with Crippen molar-refractivity contribution < 1.29 is 18.8 Å². The molecule has 192 valence electrons. The Labute approximate surface area is 217 Å². The molecule has 1 fully saturated rings. The summed E-state index contributed by atoms with van der Waals surface area (Å²) in [7, 11) is 3.43. The van der Waals surface area contributed by atoms with Crippen LogP contribution in [0, 0.1) is 11.7 Å². The number of hydrogen-bond acceptors (Lipinski definition) is 6. The number of nitrogens with one attached hydrogen (secondary N) is 4. The quantitative estimate of drug-likeness (QED) is 0.401. The summed E-state index contributed by atoms with van der Waals surface area (Å²) in [5.41, 5.74) is 1.86. The fourth-order valence-corrected chi connectivity index (χ4v) is 5.80. The highest BCUT2D eigenvalue weighted by molar-refractivity contribution is 7.13. The Balaban J connectivity index is 0.00000304. The van der Waals surface area contributed by atoms with E-state index in [0.717, 1.165) is 10.6 Å². The first-order chi connectivity index (χ1) is 16.8. The van der Waals surface area contributed by atoms with Crippen LogP contribution in [0.5, 0.6) is 0 Å². The molecule has 0 bridgehead atoms. The van der Waals surface area contributed by atoms with E-state index in [0.29, 0.717) is 54.0 Å². The molecule has 12 heteroatoms. The zero-order valence-electron chi connectivity index (χ0n) is 19.9. The minimum atomic E-state index is -0.437. The molecule has 0 unspecified atom stereocenters. The van der Waals surface area contributed by atoms with Crippen molar-refractivity contribution in [3.05, 3.63) is 51.4 Å². The van der Waals surface area contributed by atoms with E-state index in [2.05, 4.69) is 25.9 Å². The number of aromatic nitrogens is 2. The van der Waals surface area contributed by atoms with Crippen LogP contribution in [0.15, 0.2) is 24.3 Å². The van der Waals surface area contributed by atoms with Gasteiger partial charge in [-0.1, -0.05) is 0 Å². The molecule has 9 nitrogen and oxygen atoms in total. The van der Waals surface area contributed by atoms with Crippen molar-refractivity contribution in [1.29, 1.82) is 0 Å². The van der Waals surface area contributed by atoms with Gasteiger partial charge in [0.2, 0.25) is 5.91 Å². The number of aromatic amines is 1. The van der Waals surface area contributed by atoms with Crippen molar-refractivity contribution in [3.8, 4) is 0 Å². The van der Waals surface area contributed by atoms with Crippen LogP contribution >= 0.6 is 23.7 Å². The maximum absolute atomic E-state index is 13.6. The Bertz CT molecular complexity index is 1290. The van der Waals surface area contributed by atoms with Gasteiger partial charge >= 0.3 is 0 Å². The normalized spacial score (nSPS) is 20.9. The second kappa shape index (κ2) is 10.5. The van der Waals surface area contributed by atoms with Crippen molar-refractivity contribution in [3.63, 3.8) is 0 Å². The fraction of sp³-hybridized carbons (Fsp3) is 0.417. The van der Waals surface area contributed by atoms with Crippen LogP contribution in [0.25, 0.3) is 10.9 Å². The summed E-state index contributed by atoms with van der Waals surface area (Å²) in [6, 6.07) is 5.09. The van der Waals surface area contributed by atoms with Gasteiger partial charge in [0.15, 0.2) is 5.01 Å². The van der Waals surface area contributed by atoms with Crippen molar-refractivity contribution in [2.45, 2.75) is 44.4 Å². The summed E-state index contributed by atoms with van der Waals surface area (Å²) < 4.78 is 13.6. The van der Waals surface area contributed by atoms with Crippen molar-refractivity contribution in [2.75, 3.05) is 14.1 Å². The van der Waals surface area contributed by atoms with Crippen molar-refractivity contribution in [1.82, 2.24) is 30.8 Å². The molecule has 0 saturated heterocycles. The number of amides is 3. The molecule has 36 heavy (non-hydrogen) atoms. The van der Waals surface area contributed by atoms with Crippen molar-refractivity contribution in [2.24, 2.45) is 5.92 Å². The third-order valence-electron chi connectivity index (χ3n) is 6.65. The number of benzene rings is 1. The standard InChI is InChI=1S/C24H27FN6O3S.ClH/c1-31(2)24(34)12-3-5-16(28-21(32)18-9-13-7-14(25)4-6-15(13)27-18)17(8-12)29-22(33)23-30-19-10-26-11-20(19)35-23;/h4,6-7,9,12,16-17,26-27H,3,5,8,10-11H2,1-2H3,(H,28,32)(H,29,33);1H/t12-,16-,17+;/m0./s1. The Morgan fingerprint density at radius 2 is 1.86 bits per heavy atom. The first-order valence-electron chi connectivity index (χ1n) is 11.6. The molecular formula is C24H28ClFN6O3S. The lowest BCUT2D eigenvalue weighted by Gasteiger charge is -2.37. The second-order valence-electron chi connectivity index (χ2n) is 9.31. The molecule has 0 spiro atoms. The molecule has 4 N–H and O–H groups in total. The van der Waals surface area contributed by atoms with Gasteiger partial charge in [0, 0.05) is 54.9 Å². The summed E-state index contributed by atoms with van der Waals surface area (Å²) >= 11 is 1.36. The number of H-pyrrole nitrogens is 1. The van der Waals surface area contributed by atoms with Crippen LogP contribution in [0.1, 0.15) is 50.1 Å². The highest BCUT2D eigenvalue weighted by Gasteiger charge is 2.37. The largest absolute Gasteiger partial charge is 0.351 e. The van der Waals surface area contributed by atoms with Crippen LogP contribution in [0.3, 0.4) is 0 Å². The average Bonchev–Trinajstić information content (AvgIpc) is 3.54. The molecule has 1 aliphatic carbocycles. The highest BCUT2D eigenvalue weighted by atomic mass is 35.5. The van der Waals surface area contributed by atoms with Crippen LogP contribution in [-0.4, -0.2) is 58.8 Å². The second-order valence-corrected chi connectivity index (χ2v) is 10.4. The van der Waals surface area contributed by atoms with Crippen LogP contribution < -0.4 is 16.0 Å². The van der Waals surface area contributed by atoms with E-state index >= 15 is 0 Å². The number of carbonyl (C=O) groups is 3. The minimum Gasteiger partial charge on any atom is -0.351 e. The maximum Gasteiger partial charge on any atom is 0.280 e. The summed E-state index contributed by atoms with van der Waals surface area (Å²) in [6.45, 7) is 1.35. The number of halogens is 2.